The van der Waals surface area contributed by atoms with Crippen molar-refractivity contribution in [3.05, 3.63) is 58.3 Å². The SMILES string of the molecule is CCOc1ncccc1CNC(=O)Nc1cccc([N+](=O)[O-])c1. The molecule has 0 saturated carbocycles. The number of carbonyl (C=O) groups excluding carboxylic acids is 1. The molecule has 23 heavy (non-hydrogen) atoms. The highest BCUT2D eigenvalue weighted by Gasteiger charge is 2.09. The molecule has 0 bridgehead atoms. The van der Waals surface area contributed by atoms with Crippen LogP contribution in [0, 0.1) is 10.1 Å². The summed E-state index contributed by atoms with van der Waals surface area (Å²) in [4.78, 5) is 26.2. The number of aromatic nitrogens is 1. The summed E-state index contributed by atoms with van der Waals surface area (Å²) in [6.07, 6.45) is 1.61. The first-order valence-electron chi connectivity index (χ1n) is 6.96. The van der Waals surface area contributed by atoms with Crippen LogP contribution in [-0.2, 0) is 6.54 Å². The highest BCUT2D eigenvalue weighted by Crippen LogP contribution is 2.17. The number of rotatable bonds is 6. The van der Waals surface area contributed by atoms with Gasteiger partial charge in [0.1, 0.15) is 0 Å². The van der Waals surface area contributed by atoms with E-state index in [4.69, 9.17) is 4.74 Å². The van der Waals surface area contributed by atoms with E-state index in [0.717, 1.165) is 5.56 Å². The summed E-state index contributed by atoms with van der Waals surface area (Å²) in [5, 5.41) is 15.9. The summed E-state index contributed by atoms with van der Waals surface area (Å²) in [6, 6.07) is 8.79. The molecule has 0 atom stereocenters. The van der Waals surface area contributed by atoms with E-state index < -0.39 is 11.0 Å². The van der Waals surface area contributed by atoms with Crippen molar-refractivity contribution in [2.24, 2.45) is 0 Å². The zero-order valence-corrected chi connectivity index (χ0v) is 12.5. The summed E-state index contributed by atoms with van der Waals surface area (Å²) in [5.74, 6) is 0.464. The van der Waals surface area contributed by atoms with Crippen molar-refractivity contribution >= 4 is 17.4 Å². The number of carbonyl (C=O) groups is 1. The number of pyridine rings is 1. The highest BCUT2D eigenvalue weighted by molar-refractivity contribution is 5.89. The zero-order valence-electron chi connectivity index (χ0n) is 12.5. The maximum absolute atomic E-state index is 11.9. The van der Waals surface area contributed by atoms with Crippen LogP contribution in [-0.4, -0.2) is 22.5 Å². The molecule has 0 aliphatic rings. The van der Waals surface area contributed by atoms with E-state index in [1.54, 1.807) is 24.4 Å². The molecule has 1 aromatic carbocycles. The van der Waals surface area contributed by atoms with Gasteiger partial charge >= 0.3 is 6.03 Å². The van der Waals surface area contributed by atoms with Crippen molar-refractivity contribution in [1.82, 2.24) is 10.3 Å². The Morgan fingerprint density at radius 1 is 1.35 bits per heavy atom. The van der Waals surface area contributed by atoms with Crippen LogP contribution in [0.5, 0.6) is 5.88 Å². The molecule has 0 aliphatic carbocycles. The molecule has 2 rings (SSSR count). The fourth-order valence-corrected chi connectivity index (χ4v) is 1.87. The Hall–Kier alpha value is -3.16. The van der Waals surface area contributed by atoms with Gasteiger partial charge in [0.25, 0.3) is 5.69 Å². The summed E-state index contributed by atoms with van der Waals surface area (Å²) >= 11 is 0. The van der Waals surface area contributed by atoms with E-state index in [-0.39, 0.29) is 12.2 Å². The molecular weight excluding hydrogens is 300 g/mol. The van der Waals surface area contributed by atoms with Gasteiger partial charge in [-0.2, -0.15) is 0 Å². The van der Waals surface area contributed by atoms with Crippen molar-refractivity contribution in [2.45, 2.75) is 13.5 Å². The molecule has 0 unspecified atom stereocenters. The lowest BCUT2D eigenvalue weighted by molar-refractivity contribution is -0.384. The number of nitro benzene ring substituents is 1. The number of nitro groups is 1. The average molecular weight is 316 g/mol. The third-order valence-corrected chi connectivity index (χ3v) is 2.89. The number of anilines is 1. The molecule has 2 aromatic rings. The van der Waals surface area contributed by atoms with Gasteiger partial charge in [0.2, 0.25) is 5.88 Å². The van der Waals surface area contributed by atoms with E-state index in [9.17, 15) is 14.9 Å². The van der Waals surface area contributed by atoms with E-state index in [2.05, 4.69) is 15.6 Å². The third kappa shape index (κ3) is 4.67. The monoisotopic (exact) mass is 316 g/mol. The van der Waals surface area contributed by atoms with Gasteiger partial charge in [-0.05, 0) is 19.1 Å². The Morgan fingerprint density at radius 3 is 2.91 bits per heavy atom. The number of ether oxygens (including phenoxy) is 1. The molecule has 8 heteroatoms. The molecule has 0 radical (unpaired) electrons. The molecule has 120 valence electrons. The Bertz CT molecular complexity index is 705. The fraction of sp³-hybridized carbons (Fsp3) is 0.200. The maximum Gasteiger partial charge on any atom is 0.319 e. The van der Waals surface area contributed by atoms with Crippen molar-refractivity contribution in [2.75, 3.05) is 11.9 Å². The van der Waals surface area contributed by atoms with Gasteiger partial charge in [-0.15, -0.1) is 0 Å². The largest absolute Gasteiger partial charge is 0.478 e. The number of nitrogens with zero attached hydrogens (tertiary/aromatic N) is 2. The Labute approximate surface area is 132 Å². The van der Waals surface area contributed by atoms with Gasteiger partial charge in [-0.25, -0.2) is 9.78 Å². The number of hydrogen-bond donors (Lipinski definition) is 2. The van der Waals surface area contributed by atoms with Crippen LogP contribution in [0.25, 0.3) is 0 Å². The van der Waals surface area contributed by atoms with E-state index in [1.165, 1.54) is 18.2 Å². The smallest absolute Gasteiger partial charge is 0.319 e. The van der Waals surface area contributed by atoms with E-state index >= 15 is 0 Å². The van der Waals surface area contributed by atoms with Gasteiger partial charge in [-0.1, -0.05) is 12.1 Å². The Balaban J connectivity index is 1.95. The maximum atomic E-state index is 11.9. The average Bonchev–Trinajstić information content (AvgIpc) is 2.54. The van der Waals surface area contributed by atoms with Crippen molar-refractivity contribution < 1.29 is 14.5 Å². The van der Waals surface area contributed by atoms with Crippen LogP contribution in [0.2, 0.25) is 0 Å². The van der Waals surface area contributed by atoms with Crippen LogP contribution in [0.15, 0.2) is 42.6 Å². The third-order valence-electron chi connectivity index (χ3n) is 2.89. The van der Waals surface area contributed by atoms with Gasteiger partial charge in [-0.3, -0.25) is 10.1 Å². The first-order chi connectivity index (χ1) is 11.1. The first kappa shape index (κ1) is 16.2. The standard InChI is InChI=1S/C15H16N4O4/c1-2-23-14-11(5-4-8-16-14)10-17-15(20)18-12-6-3-7-13(9-12)19(21)22/h3-9H,2,10H2,1H3,(H2,17,18,20). The van der Waals surface area contributed by atoms with E-state index in [0.29, 0.717) is 18.2 Å². The minimum absolute atomic E-state index is 0.0892. The van der Waals surface area contributed by atoms with Gasteiger partial charge in [0.05, 0.1) is 11.5 Å². The molecular formula is C15H16N4O4. The van der Waals surface area contributed by atoms with Crippen molar-refractivity contribution in [3.8, 4) is 5.88 Å². The second kappa shape index (κ2) is 7.74. The quantitative estimate of drug-likeness (QED) is 0.629. The Kier molecular flexibility index (Phi) is 5.45. The number of amides is 2. The van der Waals surface area contributed by atoms with Crippen LogP contribution in [0.1, 0.15) is 12.5 Å². The minimum atomic E-state index is -0.521. The lowest BCUT2D eigenvalue weighted by Crippen LogP contribution is -2.28. The number of nitrogens with one attached hydrogen (secondary N) is 2. The lowest BCUT2D eigenvalue weighted by Gasteiger charge is -2.10. The molecule has 0 fully saturated rings. The summed E-state index contributed by atoms with van der Waals surface area (Å²) < 4.78 is 5.37. The van der Waals surface area contributed by atoms with Crippen LogP contribution in [0.4, 0.5) is 16.2 Å². The lowest BCUT2D eigenvalue weighted by atomic mass is 10.2. The molecule has 0 saturated heterocycles. The molecule has 2 amide bonds. The molecule has 1 heterocycles. The Morgan fingerprint density at radius 2 is 2.17 bits per heavy atom. The van der Waals surface area contributed by atoms with Crippen LogP contribution >= 0.6 is 0 Å². The van der Waals surface area contributed by atoms with Crippen LogP contribution in [0.3, 0.4) is 0 Å². The first-order valence-corrected chi connectivity index (χ1v) is 6.96. The molecule has 1 aromatic heterocycles. The number of hydrogen-bond acceptors (Lipinski definition) is 5. The fourth-order valence-electron chi connectivity index (χ4n) is 1.87. The second-order valence-corrected chi connectivity index (χ2v) is 4.52. The predicted octanol–water partition coefficient (Wildman–Crippen LogP) is 2.71. The number of urea groups is 1. The molecule has 2 N–H and O–H groups in total. The normalized spacial score (nSPS) is 9.96. The molecule has 8 nitrogen and oxygen atoms in total. The van der Waals surface area contributed by atoms with Crippen molar-refractivity contribution in [1.29, 1.82) is 0 Å². The van der Waals surface area contributed by atoms with Crippen molar-refractivity contribution in [3.63, 3.8) is 0 Å². The van der Waals surface area contributed by atoms with Gasteiger partial charge in [0.15, 0.2) is 0 Å². The van der Waals surface area contributed by atoms with Crippen LogP contribution < -0.4 is 15.4 Å². The summed E-state index contributed by atoms with van der Waals surface area (Å²) in [7, 11) is 0. The topological polar surface area (TPSA) is 106 Å². The minimum Gasteiger partial charge on any atom is -0.478 e. The van der Waals surface area contributed by atoms with Gasteiger partial charge in [0, 0.05) is 36.1 Å². The molecule has 0 aliphatic heterocycles. The predicted molar refractivity (Wildman–Crippen MR) is 84.4 cm³/mol. The summed E-state index contributed by atoms with van der Waals surface area (Å²) in [6.45, 7) is 2.55. The number of benzene rings is 1. The van der Waals surface area contributed by atoms with Gasteiger partial charge < -0.3 is 15.4 Å². The molecule has 0 spiro atoms. The summed E-state index contributed by atoms with van der Waals surface area (Å²) in [5.41, 5.74) is 0.991. The zero-order chi connectivity index (χ0) is 16.7. The highest BCUT2D eigenvalue weighted by atomic mass is 16.6. The van der Waals surface area contributed by atoms with E-state index in [1.807, 2.05) is 6.92 Å². The number of non-ortho nitro benzene ring substituents is 1. The second-order valence-electron chi connectivity index (χ2n) is 4.52.